The molecule has 2 rings (SSSR count). The van der Waals surface area contributed by atoms with Crippen molar-refractivity contribution < 1.29 is 0 Å². The molecule has 2 N–H and O–H groups in total. The molecule has 0 aromatic carbocycles. The lowest BCUT2D eigenvalue weighted by molar-refractivity contribution is 0.555. The first-order valence-electron chi connectivity index (χ1n) is 4.75. The summed E-state index contributed by atoms with van der Waals surface area (Å²) in [6.07, 6.45) is 7.70. The lowest BCUT2D eigenvalue weighted by Gasteiger charge is -2.03. The zero-order chi connectivity index (χ0) is 9.64. The summed E-state index contributed by atoms with van der Waals surface area (Å²) in [5, 5.41) is 7.47. The van der Waals surface area contributed by atoms with Gasteiger partial charge in [0.15, 0.2) is 0 Å². The number of hydrogen-bond acceptors (Lipinski definition) is 2. The fraction of sp³-hybridized carbons (Fsp3) is 0.300. The van der Waals surface area contributed by atoms with E-state index in [0.717, 1.165) is 19.6 Å². The van der Waals surface area contributed by atoms with Crippen LogP contribution in [0.25, 0.3) is 0 Å². The minimum absolute atomic E-state index is 0.908. The normalized spacial score (nSPS) is 10.6. The third kappa shape index (κ3) is 2.47. The van der Waals surface area contributed by atoms with Crippen molar-refractivity contribution in [3.63, 3.8) is 0 Å². The molecule has 0 aliphatic carbocycles. The minimum atomic E-state index is 0.908. The van der Waals surface area contributed by atoms with Crippen LogP contribution in [0, 0.1) is 0 Å². The zero-order valence-electron chi connectivity index (χ0n) is 7.98. The Labute approximate surface area is 82.9 Å². The Hall–Kier alpha value is -1.55. The summed E-state index contributed by atoms with van der Waals surface area (Å²) in [6.45, 7) is 2.76. The fourth-order valence-corrected chi connectivity index (χ4v) is 1.33. The highest BCUT2D eigenvalue weighted by atomic mass is 15.3. The van der Waals surface area contributed by atoms with Gasteiger partial charge in [-0.15, -0.1) is 0 Å². The van der Waals surface area contributed by atoms with E-state index in [1.54, 1.807) is 6.20 Å². The van der Waals surface area contributed by atoms with Crippen molar-refractivity contribution in [2.24, 2.45) is 0 Å². The molecule has 0 radical (unpaired) electrons. The molecule has 0 spiro atoms. The van der Waals surface area contributed by atoms with Gasteiger partial charge in [-0.25, -0.2) is 0 Å². The first-order valence-corrected chi connectivity index (χ1v) is 4.75. The molecule has 0 unspecified atom stereocenters. The number of hydrogen-bond donors (Lipinski definition) is 2. The average Bonchev–Trinajstić information content (AvgIpc) is 2.86. The largest absolute Gasteiger partial charge is 0.367 e. The van der Waals surface area contributed by atoms with Crippen molar-refractivity contribution in [1.82, 2.24) is 20.1 Å². The number of H-pyrrole nitrogens is 1. The maximum Gasteiger partial charge on any atom is 0.0534 e. The summed E-state index contributed by atoms with van der Waals surface area (Å²) >= 11 is 0. The predicted molar refractivity (Wildman–Crippen MR) is 54.7 cm³/mol. The van der Waals surface area contributed by atoms with E-state index in [9.17, 15) is 0 Å². The Bertz CT molecular complexity index is 300. The molecule has 2 aromatic heterocycles. The third-order valence-corrected chi connectivity index (χ3v) is 2.07. The molecule has 0 bridgehead atoms. The Kier molecular flexibility index (Phi) is 2.98. The van der Waals surface area contributed by atoms with E-state index >= 15 is 0 Å². The van der Waals surface area contributed by atoms with E-state index in [1.807, 2.05) is 29.3 Å². The topological polar surface area (TPSA) is 45.6 Å². The highest BCUT2D eigenvalue weighted by molar-refractivity contribution is 5.07. The highest BCUT2D eigenvalue weighted by Crippen LogP contribution is 1.94. The maximum atomic E-state index is 4.12. The first kappa shape index (κ1) is 9.02. The van der Waals surface area contributed by atoms with Crippen LogP contribution >= 0.6 is 0 Å². The predicted octanol–water partition coefficient (Wildman–Crippen LogP) is 1.00. The maximum absolute atomic E-state index is 4.12. The summed E-state index contributed by atoms with van der Waals surface area (Å²) < 4.78 is 1.92. The first-order chi connectivity index (χ1) is 6.95. The molecule has 0 aliphatic heterocycles. The van der Waals surface area contributed by atoms with Gasteiger partial charge in [0.2, 0.25) is 0 Å². The standard InChI is InChI=1S/C10H14N4/c1-3-13-14(6-1)7-5-12-9-10-2-4-11-8-10/h1-4,6,8,11-12H,5,7,9H2. The van der Waals surface area contributed by atoms with Crippen LogP contribution in [0.1, 0.15) is 5.56 Å². The molecule has 0 saturated carbocycles. The Morgan fingerprint density at radius 1 is 1.50 bits per heavy atom. The summed E-state index contributed by atoms with van der Waals surface area (Å²) in [6, 6.07) is 4.01. The lowest BCUT2D eigenvalue weighted by atomic mass is 10.3. The number of aromatic amines is 1. The van der Waals surface area contributed by atoms with Crippen molar-refractivity contribution >= 4 is 0 Å². The summed E-state index contributed by atoms with van der Waals surface area (Å²) in [7, 11) is 0. The second kappa shape index (κ2) is 4.62. The molecule has 0 saturated heterocycles. The van der Waals surface area contributed by atoms with Crippen LogP contribution in [-0.4, -0.2) is 21.3 Å². The van der Waals surface area contributed by atoms with Crippen LogP contribution < -0.4 is 5.32 Å². The summed E-state index contributed by atoms with van der Waals surface area (Å²) in [5.74, 6) is 0. The van der Waals surface area contributed by atoms with Crippen LogP contribution in [-0.2, 0) is 13.1 Å². The van der Waals surface area contributed by atoms with Gasteiger partial charge in [0.05, 0.1) is 6.54 Å². The minimum Gasteiger partial charge on any atom is -0.367 e. The van der Waals surface area contributed by atoms with Crippen molar-refractivity contribution in [1.29, 1.82) is 0 Å². The van der Waals surface area contributed by atoms with Crippen molar-refractivity contribution in [2.45, 2.75) is 13.1 Å². The Morgan fingerprint density at radius 2 is 2.50 bits per heavy atom. The number of nitrogens with one attached hydrogen (secondary N) is 2. The number of rotatable bonds is 5. The highest BCUT2D eigenvalue weighted by Gasteiger charge is 1.92. The van der Waals surface area contributed by atoms with Gasteiger partial charge < -0.3 is 10.3 Å². The molecule has 14 heavy (non-hydrogen) atoms. The molecule has 4 nitrogen and oxygen atoms in total. The molecule has 0 aliphatic rings. The zero-order valence-corrected chi connectivity index (χ0v) is 7.98. The molecule has 74 valence electrons. The Balaban J connectivity index is 1.65. The van der Waals surface area contributed by atoms with Gasteiger partial charge in [-0.1, -0.05) is 0 Å². The molecular weight excluding hydrogens is 176 g/mol. The second-order valence-electron chi connectivity index (χ2n) is 3.17. The van der Waals surface area contributed by atoms with Gasteiger partial charge in [-0.05, 0) is 17.7 Å². The Morgan fingerprint density at radius 3 is 3.21 bits per heavy atom. The van der Waals surface area contributed by atoms with Gasteiger partial charge in [0, 0.05) is 37.9 Å². The van der Waals surface area contributed by atoms with E-state index in [2.05, 4.69) is 21.5 Å². The molecule has 2 aromatic rings. The van der Waals surface area contributed by atoms with Gasteiger partial charge in [0.25, 0.3) is 0 Å². The van der Waals surface area contributed by atoms with Gasteiger partial charge in [-0.3, -0.25) is 4.68 Å². The van der Waals surface area contributed by atoms with E-state index in [0.29, 0.717) is 0 Å². The molecule has 4 heteroatoms. The van der Waals surface area contributed by atoms with Crippen molar-refractivity contribution in [3.8, 4) is 0 Å². The van der Waals surface area contributed by atoms with E-state index in [-0.39, 0.29) is 0 Å². The molecule has 0 atom stereocenters. The molecule has 0 fully saturated rings. The van der Waals surface area contributed by atoms with Gasteiger partial charge >= 0.3 is 0 Å². The number of aromatic nitrogens is 3. The van der Waals surface area contributed by atoms with E-state index in [4.69, 9.17) is 0 Å². The average molecular weight is 190 g/mol. The lowest BCUT2D eigenvalue weighted by Crippen LogP contribution is -2.19. The molecular formula is C10H14N4. The number of nitrogens with zero attached hydrogens (tertiary/aromatic N) is 2. The summed E-state index contributed by atoms with van der Waals surface area (Å²) in [5.41, 5.74) is 1.28. The van der Waals surface area contributed by atoms with Crippen LogP contribution in [0.3, 0.4) is 0 Å². The van der Waals surface area contributed by atoms with Gasteiger partial charge in [0.1, 0.15) is 0 Å². The van der Waals surface area contributed by atoms with Gasteiger partial charge in [-0.2, -0.15) is 5.10 Å². The quantitative estimate of drug-likeness (QED) is 0.691. The van der Waals surface area contributed by atoms with Crippen molar-refractivity contribution in [2.75, 3.05) is 6.54 Å². The van der Waals surface area contributed by atoms with E-state index < -0.39 is 0 Å². The molecule has 2 heterocycles. The monoisotopic (exact) mass is 190 g/mol. The van der Waals surface area contributed by atoms with Crippen LogP contribution in [0.15, 0.2) is 36.9 Å². The van der Waals surface area contributed by atoms with Crippen LogP contribution in [0.2, 0.25) is 0 Å². The van der Waals surface area contributed by atoms with Crippen LogP contribution in [0.5, 0.6) is 0 Å². The summed E-state index contributed by atoms with van der Waals surface area (Å²) in [4.78, 5) is 3.03. The smallest absolute Gasteiger partial charge is 0.0534 e. The fourth-order valence-electron chi connectivity index (χ4n) is 1.33. The SMILES string of the molecule is c1cnn(CCNCc2cc[nH]c2)c1. The molecule has 0 amide bonds. The third-order valence-electron chi connectivity index (χ3n) is 2.07. The second-order valence-corrected chi connectivity index (χ2v) is 3.17. The van der Waals surface area contributed by atoms with E-state index in [1.165, 1.54) is 5.56 Å². The van der Waals surface area contributed by atoms with Crippen molar-refractivity contribution in [3.05, 3.63) is 42.5 Å². The van der Waals surface area contributed by atoms with Crippen LogP contribution in [0.4, 0.5) is 0 Å².